The van der Waals surface area contributed by atoms with Crippen LogP contribution in [-0.2, 0) is 6.54 Å². The number of rotatable bonds is 5. The monoisotopic (exact) mass is 321 g/mol. The summed E-state index contributed by atoms with van der Waals surface area (Å²) in [6, 6.07) is 4.02. The van der Waals surface area contributed by atoms with Crippen molar-refractivity contribution in [2.24, 2.45) is 4.99 Å². The lowest BCUT2D eigenvalue weighted by molar-refractivity contribution is 0.167. The lowest BCUT2D eigenvalue weighted by atomic mass is 10.0. The maximum Gasteiger partial charge on any atom is 0.191 e. The molecule has 0 unspecified atom stereocenters. The van der Waals surface area contributed by atoms with Crippen molar-refractivity contribution in [1.29, 1.82) is 0 Å². The quantitative estimate of drug-likeness (QED) is 0.644. The fourth-order valence-electron chi connectivity index (χ4n) is 2.76. The number of likely N-dealkylation sites (tertiary alicyclic amines) is 1. The number of aliphatic imine (C=N–C) groups is 1. The molecule has 1 aliphatic rings. The van der Waals surface area contributed by atoms with Crippen molar-refractivity contribution in [3.63, 3.8) is 0 Å². The zero-order chi connectivity index (χ0) is 16.7. The van der Waals surface area contributed by atoms with Crippen LogP contribution in [0.1, 0.15) is 39.3 Å². The average Bonchev–Trinajstić information content (AvgIpc) is 2.54. The Bertz CT molecular complexity index is 509. The van der Waals surface area contributed by atoms with E-state index in [4.69, 9.17) is 0 Å². The Morgan fingerprint density at radius 1 is 1.43 bits per heavy atom. The third kappa shape index (κ3) is 5.46. The van der Waals surface area contributed by atoms with Crippen LogP contribution in [0.5, 0.6) is 0 Å². The molecular formula is C17H28FN5. The zero-order valence-corrected chi connectivity index (χ0v) is 14.3. The minimum absolute atomic E-state index is 0.243. The van der Waals surface area contributed by atoms with Crippen LogP contribution in [0.15, 0.2) is 23.3 Å². The largest absolute Gasteiger partial charge is 0.357 e. The highest BCUT2D eigenvalue weighted by Gasteiger charge is 2.21. The van der Waals surface area contributed by atoms with Gasteiger partial charge in [-0.25, -0.2) is 9.38 Å². The average molecular weight is 321 g/mol. The molecule has 0 saturated carbocycles. The van der Waals surface area contributed by atoms with E-state index in [-0.39, 0.29) is 12.4 Å². The predicted octanol–water partition coefficient (Wildman–Crippen LogP) is 2.15. The van der Waals surface area contributed by atoms with Crippen molar-refractivity contribution in [1.82, 2.24) is 20.5 Å². The number of nitrogens with one attached hydrogen (secondary N) is 2. The summed E-state index contributed by atoms with van der Waals surface area (Å²) in [6.45, 7) is 9.72. The molecule has 1 aromatic heterocycles. The third-order valence-electron chi connectivity index (χ3n) is 4.17. The maximum atomic E-state index is 13.6. The molecule has 0 atom stereocenters. The Morgan fingerprint density at radius 2 is 2.17 bits per heavy atom. The van der Waals surface area contributed by atoms with Gasteiger partial charge in [-0.3, -0.25) is 4.98 Å². The fourth-order valence-corrected chi connectivity index (χ4v) is 2.76. The molecule has 0 aliphatic carbocycles. The topological polar surface area (TPSA) is 52.6 Å². The summed E-state index contributed by atoms with van der Waals surface area (Å²) >= 11 is 0. The number of guanidine groups is 1. The van der Waals surface area contributed by atoms with Gasteiger partial charge in [0, 0.05) is 37.9 Å². The van der Waals surface area contributed by atoms with Crippen LogP contribution >= 0.6 is 0 Å². The van der Waals surface area contributed by atoms with Crippen LogP contribution in [0.25, 0.3) is 0 Å². The van der Waals surface area contributed by atoms with Gasteiger partial charge in [0.2, 0.25) is 0 Å². The van der Waals surface area contributed by atoms with Gasteiger partial charge < -0.3 is 15.5 Å². The van der Waals surface area contributed by atoms with E-state index in [0.29, 0.717) is 17.8 Å². The highest BCUT2D eigenvalue weighted by molar-refractivity contribution is 5.80. The van der Waals surface area contributed by atoms with E-state index in [9.17, 15) is 4.39 Å². The van der Waals surface area contributed by atoms with Gasteiger partial charge in [-0.15, -0.1) is 0 Å². The molecule has 0 bridgehead atoms. The van der Waals surface area contributed by atoms with Crippen molar-refractivity contribution < 1.29 is 4.39 Å². The highest BCUT2D eigenvalue weighted by Crippen LogP contribution is 2.13. The summed E-state index contributed by atoms with van der Waals surface area (Å²) in [5.41, 5.74) is 0.374. The maximum absolute atomic E-state index is 13.6. The number of hydrogen-bond donors (Lipinski definition) is 2. The normalized spacial score (nSPS) is 17.5. The van der Waals surface area contributed by atoms with Crippen LogP contribution in [0.2, 0.25) is 0 Å². The van der Waals surface area contributed by atoms with Crippen molar-refractivity contribution in [2.45, 2.75) is 52.2 Å². The van der Waals surface area contributed by atoms with Gasteiger partial charge in [-0.1, -0.05) is 0 Å². The molecule has 23 heavy (non-hydrogen) atoms. The van der Waals surface area contributed by atoms with Crippen molar-refractivity contribution in [3.8, 4) is 0 Å². The van der Waals surface area contributed by atoms with Gasteiger partial charge >= 0.3 is 0 Å². The first-order valence-electron chi connectivity index (χ1n) is 8.48. The molecule has 2 rings (SSSR count). The lowest BCUT2D eigenvalue weighted by Gasteiger charge is -2.35. The second kappa shape index (κ2) is 8.82. The Labute approximate surface area is 138 Å². The molecule has 0 aromatic carbocycles. The first kappa shape index (κ1) is 17.7. The molecule has 5 nitrogen and oxygen atoms in total. The SMILES string of the molecule is CCNC(=NCc1ncccc1F)NC1CCN(C(C)C)CC1. The van der Waals surface area contributed by atoms with E-state index in [0.717, 1.165) is 38.4 Å². The van der Waals surface area contributed by atoms with Crippen molar-refractivity contribution in [3.05, 3.63) is 29.8 Å². The van der Waals surface area contributed by atoms with Gasteiger partial charge in [0.25, 0.3) is 0 Å². The standard InChI is InChI=1S/C17H28FN5/c1-4-19-17(21-12-16-15(18)6-5-9-20-16)22-14-7-10-23(11-8-14)13(2)3/h5-6,9,13-14H,4,7-8,10-12H2,1-3H3,(H2,19,21,22). The minimum atomic E-state index is -0.308. The molecule has 1 saturated heterocycles. The molecule has 1 fully saturated rings. The number of hydrogen-bond acceptors (Lipinski definition) is 3. The number of halogens is 1. The summed E-state index contributed by atoms with van der Waals surface area (Å²) in [6.07, 6.45) is 3.79. The van der Waals surface area contributed by atoms with E-state index in [1.807, 2.05) is 6.92 Å². The number of pyridine rings is 1. The summed E-state index contributed by atoms with van der Waals surface area (Å²) in [5.74, 6) is 0.429. The first-order chi connectivity index (χ1) is 11.1. The summed E-state index contributed by atoms with van der Waals surface area (Å²) in [5, 5.41) is 6.70. The predicted molar refractivity (Wildman–Crippen MR) is 91.9 cm³/mol. The Hall–Kier alpha value is -1.69. The van der Waals surface area contributed by atoms with Crippen LogP contribution in [0, 0.1) is 5.82 Å². The minimum Gasteiger partial charge on any atom is -0.357 e. The molecule has 0 radical (unpaired) electrons. The van der Waals surface area contributed by atoms with Gasteiger partial charge in [0.05, 0.1) is 12.2 Å². The molecule has 2 N–H and O–H groups in total. The van der Waals surface area contributed by atoms with E-state index >= 15 is 0 Å². The summed E-state index contributed by atoms with van der Waals surface area (Å²) in [4.78, 5) is 11.0. The number of nitrogens with zero attached hydrogens (tertiary/aromatic N) is 3. The molecular weight excluding hydrogens is 293 g/mol. The van der Waals surface area contributed by atoms with Crippen LogP contribution in [0.3, 0.4) is 0 Å². The van der Waals surface area contributed by atoms with Crippen LogP contribution in [-0.4, -0.2) is 47.6 Å². The molecule has 0 amide bonds. The summed E-state index contributed by atoms with van der Waals surface area (Å²) < 4.78 is 13.6. The second-order valence-electron chi connectivity index (χ2n) is 6.18. The second-order valence-corrected chi connectivity index (χ2v) is 6.18. The van der Waals surface area contributed by atoms with E-state index in [1.54, 1.807) is 12.3 Å². The fraction of sp³-hybridized carbons (Fsp3) is 0.647. The Kier molecular flexibility index (Phi) is 6.77. The van der Waals surface area contributed by atoms with Gasteiger partial charge in [0.1, 0.15) is 5.82 Å². The van der Waals surface area contributed by atoms with Gasteiger partial charge in [-0.2, -0.15) is 0 Å². The van der Waals surface area contributed by atoms with Gasteiger partial charge in [0.15, 0.2) is 5.96 Å². The van der Waals surface area contributed by atoms with Crippen LogP contribution in [0.4, 0.5) is 4.39 Å². The first-order valence-corrected chi connectivity index (χ1v) is 8.48. The van der Waals surface area contributed by atoms with E-state index in [2.05, 4.69) is 39.4 Å². The molecule has 128 valence electrons. The van der Waals surface area contributed by atoms with Crippen LogP contribution < -0.4 is 10.6 Å². The number of piperidine rings is 1. The third-order valence-corrected chi connectivity index (χ3v) is 4.17. The van der Waals surface area contributed by atoms with Gasteiger partial charge in [-0.05, 0) is 45.7 Å². The van der Waals surface area contributed by atoms with Crippen molar-refractivity contribution in [2.75, 3.05) is 19.6 Å². The molecule has 1 aromatic rings. The van der Waals surface area contributed by atoms with E-state index < -0.39 is 0 Å². The molecule has 2 heterocycles. The zero-order valence-electron chi connectivity index (χ0n) is 14.3. The Balaban J connectivity index is 1.91. The molecule has 6 heteroatoms. The smallest absolute Gasteiger partial charge is 0.191 e. The van der Waals surface area contributed by atoms with Crippen molar-refractivity contribution >= 4 is 5.96 Å². The lowest BCUT2D eigenvalue weighted by Crippen LogP contribution is -2.49. The summed E-state index contributed by atoms with van der Waals surface area (Å²) in [7, 11) is 0. The number of aromatic nitrogens is 1. The Morgan fingerprint density at radius 3 is 2.78 bits per heavy atom. The molecule has 1 aliphatic heterocycles. The molecule has 0 spiro atoms. The highest BCUT2D eigenvalue weighted by atomic mass is 19.1. The van der Waals surface area contributed by atoms with E-state index in [1.165, 1.54) is 6.07 Å².